The molecule has 1 saturated carbocycles. The molecule has 2 aliphatic heterocycles. The van der Waals surface area contributed by atoms with Crippen LogP contribution in [-0.4, -0.2) is 16.2 Å². The lowest BCUT2D eigenvalue weighted by atomic mass is 9.70. The zero-order chi connectivity index (χ0) is 8.89. The Hall–Kier alpha value is -0.900. The Balaban J connectivity index is 1.92. The van der Waals surface area contributed by atoms with E-state index in [9.17, 15) is 0 Å². The molecular formula is C9H13N3O. The Morgan fingerprint density at radius 2 is 2.38 bits per heavy atom. The van der Waals surface area contributed by atoms with Crippen molar-refractivity contribution >= 4 is 0 Å². The fourth-order valence-corrected chi connectivity index (χ4v) is 2.53. The predicted molar refractivity (Wildman–Crippen MR) is 46.1 cm³/mol. The molecule has 3 aliphatic rings. The number of nitrogens with one attached hydrogen (secondary N) is 1. The van der Waals surface area contributed by atoms with Crippen LogP contribution in [-0.2, 0) is 5.54 Å². The van der Waals surface area contributed by atoms with Crippen molar-refractivity contribution in [3.63, 3.8) is 0 Å². The molecule has 1 aromatic heterocycles. The molecule has 0 amide bonds. The van der Waals surface area contributed by atoms with Crippen LogP contribution >= 0.6 is 0 Å². The van der Waals surface area contributed by atoms with Crippen molar-refractivity contribution < 1.29 is 4.42 Å². The zero-order valence-corrected chi connectivity index (χ0v) is 7.71. The van der Waals surface area contributed by atoms with E-state index in [1.54, 1.807) is 0 Å². The summed E-state index contributed by atoms with van der Waals surface area (Å²) < 4.78 is 5.48. The number of nitrogens with zero attached hydrogens (tertiary/aromatic N) is 2. The standard InChI is InChI=1S/C9H13N3O/c1-6-11-12-8(13-6)9-4-2-3-7(5-9)10-9/h7,10H,2-5H2,1H3. The minimum Gasteiger partial charge on any atom is -0.424 e. The second-order valence-electron chi connectivity index (χ2n) is 4.15. The van der Waals surface area contributed by atoms with E-state index in [0.29, 0.717) is 11.9 Å². The molecule has 0 aromatic carbocycles. The van der Waals surface area contributed by atoms with Gasteiger partial charge >= 0.3 is 0 Å². The summed E-state index contributed by atoms with van der Waals surface area (Å²) >= 11 is 0. The minimum absolute atomic E-state index is 0.0458. The van der Waals surface area contributed by atoms with Crippen molar-refractivity contribution in [3.8, 4) is 0 Å². The van der Waals surface area contributed by atoms with Crippen LogP contribution in [0.15, 0.2) is 4.42 Å². The second-order valence-corrected chi connectivity index (χ2v) is 4.15. The van der Waals surface area contributed by atoms with Gasteiger partial charge in [0.05, 0.1) is 5.54 Å². The normalized spacial score (nSPS) is 37.2. The maximum Gasteiger partial charge on any atom is 0.236 e. The highest BCUT2D eigenvalue weighted by Crippen LogP contribution is 2.44. The van der Waals surface area contributed by atoms with Crippen LogP contribution in [0.1, 0.15) is 37.5 Å². The van der Waals surface area contributed by atoms with Gasteiger partial charge in [0.2, 0.25) is 11.8 Å². The van der Waals surface area contributed by atoms with Gasteiger partial charge in [-0.3, -0.25) is 0 Å². The molecule has 0 spiro atoms. The van der Waals surface area contributed by atoms with Crippen molar-refractivity contribution in [2.24, 2.45) is 0 Å². The summed E-state index contributed by atoms with van der Waals surface area (Å²) in [6.45, 7) is 1.84. The van der Waals surface area contributed by atoms with Crippen molar-refractivity contribution in [2.45, 2.75) is 44.2 Å². The Bertz CT molecular complexity index is 322. The number of piperidine rings is 1. The maximum atomic E-state index is 5.48. The third-order valence-electron chi connectivity index (χ3n) is 3.17. The van der Waals surface area contributed by atoms with Crippen LogP contribution in [0.2, 0.25) is 0 Å². The molecule has 4 heteroatoms. The Kier molecular flexibility index (Phi) is 1.34. The molecule has 1 aromatic rings. The molecule has 2 atom stereocenters. The lowest BCUT2D eigenvalue weighted by Crippen LogP contribution is -2.64. The van der Waals surface area contributed by atoms with Gasteiger partial charge in [-0.25, -0.2) is 0 Å². The van der Waals surface area contributed by atoms with Gasteiger partial charge in [0.25, 0.3) is 0 Å². The fourth-order valence-electron chi connectivity index (χ4n) is 2.53. The Morgan fingerprint density at radius 3 is 2.92 bits per heavy atom. The van der Waals surface area contributed by atoms with E-state index in [-0.39, 0.29) is 5.54 Å². The van der Waals surface area contributed by atoms with E-state index in [1.165, 1.54) is 19.3 Å². The predicted octanol–water partition coefficient (Wildman–Crippen LogP) is 1.12. The van der Waals surface area contributed by atoms with Crippen molar-refractivity contribution in [1.29, 1.82) is 0 Å². The summed E-state index contributed by atoms with van der Waals surface area (Å²) in [6, 6.07) is 0.695. The highest BCUT2D eigenvalue weighted by Gasteiger charge is 2.51. The van der Waals surface area contributed by atoms with E-state index in [0.717, 1.165) is 12.3 Å². The largest absolute Gasteiger partial charge is 0.424 e. The lowest BCUT2D eigenvalue weighted by Gasteiger charge is -2.51. The van der Waals surface area contributed by atoms with Crippen molar-refractivity contribution in [1.82, 2.24) is 15.5 Å². The van der Waals surface area contributed by atoms with Gasteiger partial charge < -0.3 is 9.73 Å². The van der Waals surface area contributed by atoms with Crippen LogP contribution in [0.25, 0.3) is 0 Å². The molecule has 0 radical (unpaired) electrons. The molecule has 3 heterocycles. The molecule has 2 unspecified atom stereocenters. The summed E-state index contributed by atoms with van der Waals surface area (Å²) in [5, 5.41) is 11.5. The van der Waals surface area contributed by atoms with Crippen LogP contribution < -0.4 is 5.32 Å². The summed E-state index contributed by atoms with van der Waals surface area (Å²) in [7, 11) is 0. The summed E-state index contributed by atoms with van der Waals surface area (Å²) in [5.74, 6) is 1.46. The number of hydrogen-bond acceptors (Lipinski definition) is 4. The molecule has 4 nitrogen and oxygen atoms in total. The van der Waals surface area contributed by atoms with E-state index in [1.807, 2.05) is 6.92 Å². The summed E-state index contributed by atoms with van der Waals surface area (Å²) in [4.78, 5) is 0. The highest BCUT2D eigenvalue weighted by atomic mass is 16.4. The molecule has 13 heavy (non-hydrogen) atoms. The van der Waals surface area contributed by atoms with Crippen LogP contribution in [0.3, 0.4) is 0 Å². The van der Waals surface area contributed by atoms with E-state index in [2.05, 4.69) is 15.5 Å². The quantitative estimate of drug-likeness (QED) is 0.701. The second kappa shape index (κ2) is 2.32. The third kappa shape index (κ3) is 0.950. The van der Waals surface area contributed by atoms with Crippen LogP contribution in [0.5, 0.6) is 0 Å². The molecule has 1 N–H and O–H groups in total. The van der Waals surface area contributed by atoms with Gasteiger partial charge in [-0.1, -0.05) is 0 Å². The van der Waals surface area contributed by atoms with Gasteiger partial charge in [-0.15, -0.1) is 10.2 Å². The van der Waals surface area contributed by atoms with Crippen molar-refractivity contribution in [2.75, 3.05) is 0 Å². The maximum absolute atomic E-state index is 5.48. The van der Waals surface area contributed by atoms with Gasteiger partial charge in [0.1, 0.15) is 0 Å². The SMILES string of the molecule is Cc1nnc(C23CCCC(C2)N3)o1. The molecule has 4 rings (SSSR count). The van der Waals surface area contributed by atoms with Crippen molar-refractivity contribution in [3.05, 3.63) is 11.8 Å². The average molecular weight is 179 g/mol. The number of rotatable bonds is 1. The molecule has 1 aliphatic carbocycles. The van der Waals surface area contributed by atoms with Gasteiger partial charge in [-0.2, -0.15) is 0 Å². The molecule has 70 valence electrons. The summed E-state index contributed by atoms with van der Waals surface area (Å²) in [5.41, 5.74) is 0.0458. The molecule has 3 fully saturated rings. The zero-order valence-electron chi connectivity index (χ0n) is 7.71. The smallest absolute Gasteiger partial charge is 0.236 e. The van der Waals surface area contributed by atoms with Gasteiger partial charge in [0.15, 0.2) is 0 Å². The molecule has 2 saturated heterocycles. The average Bonchev–Trinajstić information content (AvgIpc) is 2.52. The highest BCUT2D eigenvalue weighted by molar-refractivity contribution is 5.14. The third-order valence-corrected chi connectivity index (χ3v) is 3.17. The molecular weight excluding hydrogens is 166 g/mol. The van der Waals surface area contributed by atoms with Crippen LogP contribution in [0.4, 0.5) is 0 Å². The first-order valence-corrected chi connectivity index (χ1v) is 4.87. The minimum atomic E-state index is 0.0458. The molecule has 2 bridgehead atoms. The first kappa shape index (κ1) is 7.50. The topological polar surface area (TPSA) is 51.0 Å². The number of aromatic nitrogens is 2. The lowest BCUT2D eigenvalue weighted by molar-refractivity contribution is 0.0425. The monoisotopic (exact) mass is 179 g/mol. The van der Waals surface area contributed by atoms with E-state index < -0.39 is 0 Å². The summed E-state index contributed by atoms with van der Waals surface area (Å²) in [6.07, 6.45) is 4.90. The number of aryl methyl sites for hydroxylation is 1. The Labute approximate surface area is 76.7 Å². The fraction of sp³-hybridized carbons (Fsp3) is 0.778. The number of hydrogen-bond donors (Lipinski definition) is 1. The van der Waals surface area contributed by atoms with Gasteiger partial charge in [0, 0.05) is 13.0 Å². The first-order chi connectivity index (χ1) is 6.28. The Morgan fingerprint density at radius 1 is 1.54 bits per heavy atom. The van der Waals surface area contributed by atoms with E-state index >= 15 is 0 Å². The number of fused-ring (bicyclic) bond motifs is 2. The van der Waals surface area contributed by atoms with Crippen LogP contribution in [0, 0.1) is 6.92 Å². The first-order valence-electron chi connectivity index (χ1n) is 4.87. The van der Waals surface area contributed by atoms with Gasteiger partial charge in [-0.05, 0) is 25.7 Å². The van der Waals surface area contributed by atoms with E-state index in [4.69, 9.17) is 4.42 Å².